The number of benzene rings is 1. The molecule has 0 spiro atoms. The number of anilines is 2. The van der Waals surface area contributed by atoms with Crippen LogP contribution in [-0.4, -0.2) is 19.1 Å². The van der Waals surface area contributed by atoms with Gasteiger partial charge in [-0.3, -0.25) is 0 Å². The van der Waals surface area contributed by atoms with E-state index < -0.39 is 0 Å². The maximum atomic E-state index is 13.1. The van der Waals surface area contributed by atoms with Crippen LogP contribution in [0.25, 0.3) is 11.5 Å². The summed E-state index contributed by atoms with van der Waals surface area (Å²) in [4.78, 5) is 2.92. The van der Waals surface area contributed by atoms with E-state index in [1.807, 2.05) is 73.2 Å². The summed E-state index contributed by atoms with van der Waals surface area (Å²) in [5, 5.41) is 18.6. The number of pyridine rings is 1. The van der Waals surface area contributed by atoms with Gasteiger partial charge in [0.1, 0.15) is 0 Å². The Morgan fingerprint density at radius 3 is 2.41 bits per heavy atom. The van der Waals surface area contributed by atoms with Crippen molar-refractivity contribution in [2.75, 3.05) is 24.3 Å². The summed E-state index contributed by atoms with van der Waals surface area (Å²) >= 11 is 13.2. The SMILES string of the molecule is CN(C)c1cc[n+](C(C(=S)Nc2ccccc2Cl)=C([O-])c2cccs2)cc1. The van der Waals surface area contributed by atoms with Gasteiger partial charge in [0.05, 0.1) is 10.7 Å². The Balaban J connectivity index is 2.04. The number of thiophene rings is 1. The Morgan fingerprint density at radius 2 is 1.81 bits per heavy atom. The highest BCUT2D eigenvalue weighted by Crippen LogP contribution is 2.24. The summed E-state index contributed by atoms with van der Waals surface area (Å²) in [6.07, 6.45) is 3.66. The first-order chi connectivity index (χ1) is 13.0. The highest BCUT2D eigenvalue weighted by atomic mass is 35.5. The minimum atomic E-state index is -0.142. The first kappa shape index (κ1) is 19.4. The molecule has 0 fully saturated rings. The molecule has 4 nitrogen and oxygen atoms in total. The molecule has 138 valence electrons. The molecule has 0 bridgehead atoms. The minimum absolute atomic E-state index is 0.142. The van der Waals surface area contributed by atoms with Crippen LogP contribution in [0.2, 0.25) is 5.02 Å². The third kappa shape index (κ3) is 4.47. The number of nitrogens with one attached hydrogen (secondary N) is 1. The van der Waals surface area contributed by atoms with Crippen LogP contribution in [0.5, 0.6) is 0 Å². The Hall–Kier alpha value is -2.41. The molecular formula is C20H18ClN3OS2. The quantitative estimate of drug-likeness (QED) is 0.297. The molecule has 0 saturated carbocycles. The summed E-state index contributed by atoms with van der Waals surface area (Å²) in [6, 6.07) is 14.8. The van der Waals surface area contributed by atoms with E-state index in [0.717, 1.165) is 5.69 Å². The topological polar surface area (TPSA) is 42.2 Å². The fraction of sp³-hybridized carbons (Fsp3) is 0.100. The second-order valence-corrected chi connectivity index (χ2v) is 7.71. The second-order valence-electron chi connectivity index (χ2n) is 5.95. The average molecular weight is 416 g/mol. The zero-order chi connectivity index (χ0) is 19.4. The lowest BCUT2D eigenvalue weighted by atomic mass is 10.2. The Morgan fingerprint density at radius 1 is 1.11 bits per heavy atom. The van der Waals surface area contributed by atoms with Crippen molar-refractivity contribution in [3.63, 3.8) is 0 Å². The highest BCUT2D eigenvalue weighted by molar-refractivity contribution is 7.81. The summed E-state index contributed by atoms with van der Waals surface area (Å²) in [5.74, 6) is -0.142. The summed E-state index contributed by atoms with van der Waals surface area (Å²) in [6.45, 7) is 0. The van der Waals surface area contributed by atoms with E-state index in [9.17, 15) is 5.11 Å². The zero-order valence-corrected chi connectivity index (χ0v) is 17.2. The molecule has 7 heteroatoms. The number of aromatic nitrogens is 1. The van der Waals surface area contributed by atoms with Crippen LogP contribution in [0.15, 0.2) is 66.3 Å². The van der Waals surface area contributed by atoms with Gasteiger partial charge in [0.25, 0.3) is 0 Å². The van der Waals surface area contributed by atoms with Gasteiger partial charge in [-0.05, 0) is 29.3 Å². The van der Waals surface area contributed by atoms with Gasteiger partial charge in [0, 0.05) is 36.8 Å². The van der Waals surface area contributed by atoms with Crippen molar-refractivity contribution in [3.8, 4) is 0 Å². The van der Waals surface area contributed by atoms with Gasteiger partial charge in [-0.25, -0.2) is 0 Å². The molecule has 27 heavy (non-hydrogen) atoms. The van der Waals surface area contributed by atoms with Gasteiger partial charge in [-0.15, -0.1) is 11.3 Å². The van der Waals surface area contributed by atoms with E-state index in [-0.39, 0.29) is 5.76 Å². The molecule has 2 aromatic heterocycles. The molecule has 0 radical (unpaired) electrons. The molecule has 0 aliphatic carbocycles. The molecule has 3 rings (SSSR count). The smallest absolute Gasteiger partial charge is 0.239 e. The number of halogens is 1. The van der Waals surface area contributed by atoms with Gasteiger partial charge in [0.15, 0.2) is 17.4 Å². The minimum Gasteiger partial charge on any atom is -0.867 e. The van der Waals surface area contributed by atoms with Crippen LogP contribution in [-0.2, 0) is 0 Å². The van der Waals surface area contributed by atoms with Gasteiger partial charge in [-0.1, -0.05) is 42.0 Å². The fourth-order valence-corrected chi connectivity index (χ4v) is 3.63. The molecule has 0 saturated heterocycles. The first-order valence-corrected chi connectivity index (χ1v) is 9.84. The van der Waals surface area contributed by atoms with E-state index in [2.05, 4.69) is 5.32 Å². The number of hydrogen-bond acceptors (Lipinski definition) is 4. The molecule has 1 N–H and O–H groups in total. The van der Waals surface area contributed by atoms with Gasteiger partial charge in [0.2, 0.25) is 5.70 Å². The first-order valence-electron chi connectivity index (χ1n) is 8.17. The monoisotopic (exact) mass is 415 g/mol. The summed E-state index contributed by atoms with van der Waals surface area (Å²) in [7, 11) is 3.93. The van der Waals surface area contributed by atoms with Crippen LogP contribution in [0.1, 0.15) is 4.88 Å². The number of para-hydroxylation sites is 1. The molecule has 0 unspecified atom stereocenters. The predicted molar refractivity (Wildman–Crippen MR) is 116 cm³/mol. The van der Waals surface area contributed by atoms with Crippen molar-refractivity contribution in [2.45, 2.75) is 0 Å². The standard InChI is InChI=1S/C20H18ClN3OS2/c1-23(2)14-9-11-24(12-10-14)18(19(25)17-8-5-13-27-17)20(26)22-16-7-4-3-6-15(16)21/h3-13H,1-2H3,(H-,22,25,26). The maximum Gasteiger partial charge on any atom is 0.239 e. The van der Waals surface area contributed by atoms with Crippen LogP contribution in [0.3, 0.4) is 0 Å². The van der Waals surface area contributed by atoms with Gasteiger partial charge < -0.3 is 15.3 Å². The predicted octanol–water partition coefficient (Wildman–Crippen LogP) is 3.88. The van der Waals surface area contributed by atoms with Crippen molar-refractivity contribution in [1.29, 1.82) is 0 Å². The van der Waals surface area contributed by atoms with Crippen molar-refractivity contribution < 1.29 is 9.67 Å². The molecule has 0 aliphatic rings. The van der Waals surface area contributed by atoms with Crippen LogP contribution < -0.4 is 19.9 Å². The lowest BCUT2D eigenvalue weighted by Gasteiger charge is -2.17. The Kier molecular flexibility index (Phi) is 6.11. The van der Waals surface area contributed by atoms with Crippen LogP contribution in [0.4, 0.5) is 11.4 Å². The molecule has 2 heterocycles. The molecule has 1 aromatic carbocycles. The van der Waals surface area contributed by atoms with E-state index >= 15 is 0 Å². The average Bonchev–Trinajstić information content (AvgIpc) is 3.19. The lowest BCUT2D eigenvalue weighted by Crippen LogP contribution is -2.40. The maximum absolute atomic E-state index is 13.1. The van der Waals surface area contributed by atoms with E-state index in [1.165, 1.54) is 11.3 Å². The molecular weight excluding hydrogens is 398 g/mol. The van der Waals surface area contributed by atoms with Crippen molar-refractivity contribution in [3.05, 3.63) is 76.2 Å². The number of hydrogen-bond donors (Lipinski definition) is 1. The molecule has 3 aromatic rings. The summed E-state index contributed by atoms with van der Waals surface area (Å²) in [5.41, 5.74) is 2.06. The zero-order valence-electron chi connectivity index (χ0n) is 14.8. The van der Waals surface area contributed by atoms with E-state index in [1.54, 1.807) is 16.7 Å². The Labute approximate surface area is 173 Å². The number of nitrogens with zero attached hydrogens (tertiary/aromatic N) is 2. The van der Waals surface area contributed by atoms with Crippen LogP contribution >= 0.6 is 35.2 Å². The normalized spacial score (nSPS) is 11.7. The number of thiocarbonyl (C=S) groups is 1. The van der Waals surface area contributed by atoms with E-state index in [4.69, 9.17) is 23.8 Å². The molecule has 0 aliphatic heterocycles. The highest BCUT2D eigenvalue weighted by Gasteiger charge is 2.20. The summed E-state index contributed by atoms with van der Waals surface area (Å²) < 4.78 is 1.74. The van der Waals surface area contributed by atoms with Crippen molar-refractivity contribution in [1.82, 2.24) is 0 Å². The van der Waals surface area contributed by atoms with Gasteiger partial charge in [-0.2, -0.15) is 4.57 Å². The van der Waals surface area contributed by atoms with Crippen molar-refractivity contribution >= 4 is 63.0 Å². The van der Waals surface area contributed by atoms with Crippen molar-refractivity contribution in [2.24, 2.45) is 0 Å². The molecule has 0 atom stereocenters. The van der Waals surface area contributed by atoms with E-state index in [0.29, 0.717) is 26.3 Å². The fourth-order valence-electron chi connectivity index (χ4n) is 2.47. The lowest BCUT2D eigenvalue weighted by molar-refractivity contribution is -0.577. The second kappa shape index (κ2) is 8.52. The third-order valence-electron chi connectivity index (χ3n) is 3.88. The largest absolute Gasteiger partial charge is 0.867 e. The van der Waals surface area contributed by atoms with Gasteiger partial charge >= 0.3 is 0 Å². The molecule has 0 amide bonds. The number of rotatable bonds is 5. The van der Waals surface area contributed by atoms with Crippen LogP contribution in [0, 0.1) is 0 Å². The third-order valence-corrected chi connectivity index (χ3v) is 5.38. The Bertz CT molecular complexity index is 967.